The highest BCUT2D eigenvalue weighted by molar-refractivity contribution is 7.10. The summed E-state index contributed by atoms with van der Waals surface area (Å²) in [7, 11) is 0. The van der Waals surface area contributed by atoms with Crippen LogP contribution in [0.25, 0.3) is 0 Å². The van der Waals surface area contributed by atoms with Crippen molar-refractivity contribution in [3.8, 4) is 0 Å². The summed E-state index contributed by atoms with van der Waals surface area (Å²) in [5.74, 6) is -0.180. The fourth-order valence-electron chi connectivity index (χ4n) is 1.47. The third-order valence-corrected chi connectivity index (χ3v) is 4.23. The van der Waals surface area contributed by atoms with Crippen LogP contribution in [-0.2, 0) is 0 Å². The predicted molar refractivity (Wildman–Crippen MR) is 70.9 cm³/mol. The average Bonchev–Trinajstić information content (AvgIpc) is 2.99. The van der Waals surface area contributed by atoms with Gasteiger partial charge in [-0.2, -0.15) is 0 Å². The SMILES string of the molecule is Cc1nnsc1C(=O)NCC[C@@H](O)c1cccs1. The number of rotatable bonds is 5. The third kappa shape index (κ3) is 3.12. The summed E-state index contributed by atoms with van der Waals surface area (Å²) in [6.07, 6.45) is -0.0247. The number of hydrogen-bond acceptors (Lipinski definition) is 6. The van der Waals surface area contributed by atoms with Crippen molar-refractivity contribution in [3.63, 3.8) is 0 Å². The molecule has 2 N–H and O–H groups in total. The molecule has 0 aliphatic rings. The molecule has 2 aromatic heterocycles. The normalized spacial score (nSPS) is 12.3. The number of thiophene rings is 1. The lowest BCUT2D eigenvalue weighted by Gasteiger charge is -2.08. The van der Waals surface area contributed by atoms with Gasteiger partial charge >= 0.3 is 0 Å². The highest BCUT2D eigenvalue weighted by Gasteiger charge is 2.14. The number of aromatic nitrogens is 2. The van der Waals surface area contributed by atoms with Crippen molar-refractivity contribution in [3.05, 3.63) is 33.0 Å². The molecule has 1 amide bonds. The number of aliphatic hydroxyl groups is 1. The Hall–Kier alpha value is -1.31. The van der Waals surface area contributed by atoms with Crippen LogP contribution in [0.5, 0.6) is 0 Å². The molecular formula is C11H13N3O2S2. The lowest BCUT2D eigenvalue weighted by molar-refractivity contribution is 0.0946. The fraction of sp³-hybridized carbons (Fsp3) is 0.364. The van der Waals surface area contributed by atoms with Crippen LogP contribution in [0.4, 0.5) is 0 Å². The Morgan fingerprint density at radius 3 is 3.06 bits per heavy atom. The van der Waals surface area contributed by atoms with Crippen LogP contribution < -0.4 is 5.32 Å². The van der Waals surface area contributed by atoms with E-state index in [0.29, 0.717) is 23.5 Å². The first-order chi connectivity index (χ1) is 8.68. The van der Waals surface area contributed by atoms with Gasteiger partial charge in [-0.15, -0.1) is 16.4 Å². The molecule has 2 heterocycles. The van der Waals surface area contributed by atoms with Crippen LogP contribution in [-0.4, -0.2) is 27.1 Å². The number of carbonyl (C=O) groups excluding carboxylic acids is 1. The number of nitrogens with one attached hydrogen (secondary N) is 1. The minimum Gasteiger partial charge on any atom is -0.388 e. The molecule has 2 aromatic rings. The van der Waals surface area contributed by atoms with Gasteiger partial charge in [-0.25, -0.2) is 0 Å². The van der Waals surface area contributed by atoms with Gasteiger partial charge in [0.2, 0.25) is 0 Å². The zero-order chi connectivity index (χ0) is 13.0. The standard InChI is InChI=1S/C11H13N3O2S2/c1-7-10(18-14-13-7)11(16)12-5-4-8(15)9-3-2-6-17-9/h2-3,6,8,15H,4-5H2,1H3,(H,12,16)/t8-/m1/s1. The first-order valence-electron chi connectivity index (χ1n) is 5.47. The largest absolute Gasteiger partial charge is 0.388 e. The second-order valence-electron chi connectivity index (χ2n) is 3.76. The van der Waals surface area contributed by atoms with Crippen molar-refractivity contribution in [2.24, 2.45) is 0 Å². The average molecular weight is 283 g/mol. The van der Waals surface area contributed by atoms with Crippen LogP contribution in [0.15, 0.2) is 17.5 Å². The molecule has 0 unspecified atom stereocenters. The number of nitrogens with zero attached hydrogens (tertiary/aromatic N) is 2. The predicted octanol–water partition coefficient (Wildman–Crippen LogP) is 1.76. The van der Waals surface area contributed by atoms with Crippen molar-refractivity contribution < 1.29 is 9.90 Å². The summed E-state index contributed by atoms with van der Waals surface area (Å²) >= 11 is 2.59. The summed E-state index contributed by atoms with van der Waals surface area (Å²) in [5, 5.41) is 18.3. The molecule has 0 aromatic carbocycles. The van der Waals surface area contributed by atoms with Gasteiger partial charge in [-0.1, -0.05) is 10.6 Å². The molecule has 0 aliphatic heterocycles. The topological polar surface area (TPSA) is 75.1 Å². The van der Waals surface area contributed by atoms with E-state index in [1.165, 1.54) is 11.3 Å². The Morgan fingerprint density at radius 2 is 2.44 bits per heavy atom. The van der Waals surface area contributed by atoms with E-state index < -0.39 is 6.10 Å². The van der Waals surface area contributed by atoms with E-state index in [2.05, 4.69) is 14.9 Å². The Labute approximate surface area is 113 Å². The van der Waals surface area contributed by atoms with E-state index in [1.807, 2.05) is 17.5 Å². The summed E-state index contributed by atoms with van der Waals surface area (Å²) in [6.45, 7) is 2.17. The Morgan fingerprint density at radius 1 is 1.61 bits per heavy atom. The van der Waals surface area contributed by atoms with Gasteiger partial charge in [0, 0.05) is 11.4 Å². The van der Waals surface area contributed by atoms with Crippen molar-refractivity contribution in [2.75, 3.05) is 6.54 Å². The molecule has 7 heteroatoms. The zero-order valence-corrected chi connectivity index (χ0v) is 11.4. The Bertz CT molecular complexity index is 510. The maximum Gasteiger partial charge on any atom is 0.264 e. The monoisotopic (exact) mass is 283 g/mol. The number of carbonyl (C=O) groups is 1. The molecule has 0 aliphatic carbocycles. The summed E-state index contributed by atoms with van der Waals surface area (Å²) < 4.78 is 3.71. The fourth-order valence-corrected chi connectivity index (χ4v) is 2.78. The maximum atomic E-state index is 11.7. The van der Waals surface area contributed by atoms with Crippen molar-refractivity contribution in [1.29, 1.82) is 0 Å². The van der Waals surface area contributed by atoms with Gasteiger partial charge < -0.3 is 10.4 Å². The lowest BCUT2D eigenvalue weighted by Crippen LogP contribution is -2.25. The number of aryl methyl sites for hydroxylation is 1. The molecule has 0 bridgehead atoms. The zero-order valence-electron chi connectivity index (χ0n) is 9.79. The van der Waals surface area contributed by atoms with Crippen LogP contribution in [0.3, 0.4) is 0 Å². The first kappa shape index (κ1) is 13.1. The van der Waals surface area contributed by atoms with E-state index >= 15 is 0 Å². The molecule has 5 nitrogen and oxygen atoms in total. The Kier molecular flexibility index (Phi) is 4.40. The van der Waals surface area contributed by atoms with Crippen LogP contribution in [0, 0.1) is 6.92 Å². The Balaban J connectivity index is 1.79. The van der Waals surface area contributed by atoms with Gasteiger partial charge in [0.05, 0.1) is 11.8 Å². The van der Waals surface area contributed by atoms with E-state index in [1.54, 1.807) is 6.92 Å². The summed E-state index contributed by atoms with van der Waals surface area (Å²) in [6, 6.07) is 3.78. The molecule has 2 rings (SSSR count). The van der Waals surface area contributed by atoms with E-state index in [0.717, 1.165) is 16.4 Å². The van der Waals surface area contributed by atoms with Gasteiger partial charge in [-0.05, 0) is 36.3 Å². The van der Waals surface area contributed by atoms with E-state index in [4.69, 9.17) is 0 Å². The van der Waals surface area contributed by atoms with Gasteiger partial charge in [0.25, 0.3) is 5.91 Å². The number of amides is 1. The highest BCUT2D eigenvalue weighted by atomic mass is 32.1. The minimum atomic E-state index is -0.522. The molecule has 0 saturated carbocycles. The third-order valence-electron chi connectivity index (χ3n) is 2.43. The van der Waals surface area contributed by atoms with Crippen molar-refractivity contribution >= 4 is 28.8 Å². The first-order valence-corrected chi connectivity index (χ1v) is 7.12. The molecule has 0 spiro atoms. The molecule has 0 saturated heterocycles. The lowest BCUT2D eigenvalue weighted by atomic mass is 10.2. The van der Waals surface area contributed by atoms with Crippen LogP contribution in [0.1, 0.15) is 32.8 Å². The van der Waals surface area contributed by atoms with Crippen molar-refractivity contribution in [2.45, 2.75) is 19.4 Å². The van der Waals surface area contributed by atoms with Gasteiger partial charge in [0.1, 0.15) is 4.88 Å². The second-order valence-corrected chi connectivity index (χ2v) is 5.50. The van der Waals surface area contributed by atoms with Crippen LogP contribution in [0.2, 0.25) is 0 Å². The summed E-state index contributed by atoms with van der Waals surface area (Å²) in [5.41, 5.74) is 0.635. The van der Waals surface area contributed by atoms with Crippen LogP contribution >= 0.6 is 22.9 Å². The second kappa shape index (κ2) is 6.03. The number of hydrogen-bond donors (Lipinski definition) is 2. The quantitative estimate of drug-likeness (QED) is 0.877. The molecule has 96 valence electrons. The molecule has 1 atom stereocenters. The van der Waals surface area contributed by atoms with Crippen molar-refractivity contribution in [1.82, 2.24) is 14.9 Å². The van der Waals surface area contributed by atoms with E-state index in [-0.39, 0.29) is 5.91 Å². The molecular weight excluding hydrogens is 270 g/mol. The summed E-state index contributed by atoms with van der Waals surface area (Å²) in [4.78, 5) is 13.2. The van der Waals surface area contributed by atoms with Gasteiger partial charge in [0.15, 0.2) is 0 Å². The highest BCUT2D eigenvalue weighted by Crippen LogP contribution is 2.21. The minimum absolute atomic E-state index is 0.180. The van der Waals surface area contributed by atoms with Gasteiger partial charge in [-0.3, -0.25) is 4.79 Å². The smallest absolute Gasteiger partial charge is 0.264 e. The molecule has 0 radical (unpaired) electrons. The molecule has 0 fully saturated rings. The maximum absolute atomic E-state index is 11.7. The molecule has 18 heavy (non-hydrogen) atoms. The van der Waals surface area contributed by atoms with E-state index in [9.17, 15) is 9.90 Å². The number of aliphatic hydroxyl groups excluding tert-OH is 1.